The Hall–Kier alpha value is -5.60. The minimum Gasteiger partial charge on any atom is -0.504 e. The molecule has 4 aromatic rings. The van der Waals surface area contributed by atoms with Crippen LogP contribution in [0.4, 0.5) is 17.6 Å². The monoisotopic (exact) mass is 740 g/mol. The number of hydrogen-bond acceptors (Lipinski definition) is 7. The Balaban J connectivity index is 1.40. The number of fused-ring (bicyclic) bond motifs is 3. The molecule has 0 fully saturated rings. The molecule has 282 valence electrons. The van der Waals surface area contributed by atoms with Crippen LogP contribution in [0.25, 0.3) is 10.9 Å². The molecule has 0 saturated carbocycles. The molecule has 0 bridgehead atoms. The molecule has 1 heterocycles. The number of H-pyrrole nitrogens is 1. The molecule has 1 aliphatic carbocycles. The van der Waals surface area contributed by atoms with Gasteiger partial charge in [0.15, 0.2) is 11.5 Å². The fourth-order valence-electron chi connectivity index (χ4n) is 6.45. The molecule has 3 atom stereocenters. The van der Waals surface area contributed by atoms with Gasteiger partial charge in [0.25, 0.3) is 0 Å². The molecule has 0 radical (unpaired) electrons. The molecule has 11 nitrogen and oxygen atoms in total. The van der Waals surface area contributed by atoms with Crippen molar-refractivity contribution < 1.29 is 51.3 Å². The predicted octanol–water partition coefficient (Wildman–Crippen LogP) is 5.02. The van der Waals surface area contributed by atoms with E-state index in [1.807, 2.05) is 0 Å². The van der Waals surface area contributed by atoms with Gasteiger partial charge in [-0.3, -0.25) is 14.4 Å². The summed E-state index contributed by atoms with van der Waals surface area (Å²) in [6, 6.07) is 12.6. The van der Waals surface area contributed by atoms with Crippen molar-refractivity contribution in [2.24, 2.45) is 5.92 Å². The number of esters is 1. The highest BCUT2D eigenvalue weighted by molar-refractivity contribution is 5.97. The van der Waals surface area contributed by atoms with Crippen molar-refractivity contribution >= 4 is 34.6 Å². The number of carbonyl (C=O) groups is 4. The Labute approximate surface area is 302 Å². The summed E-state index contributed by atoms with van der Waals surface area (Å²) in [6.07, 6.45) is -4.82. The predicted molar refractivity (Wildman–Crippen MR) is 185 cm³/mol. The topological polar surface area (TPSA) is 159 Å². The van der Waals surface area contributed by atoms with E-state index in [0.29, 0.717) is 23.2 Å². The number of hydrogen-bond donors (Lipinski definition) is 5. The van der Waals surface area contributed by atoms with Gasteiger partial charge in [-0.15, -0.1) is 0 Å². The van der Waals surface area contributed by atoms with Crippen LogP contribution in [0.15, 0.2) is 60.7 Å². The zero-order chi connectivity index (χ0) is 38.5. The lowest BCUT2D eigenvalue weighted by Crippen LogP contribution is -2.65. The van der Waals surface area contributed by atoms with Crippen LogP contribution >= 0.6 is 0 Å². The van der Waals surface area contributed by atoms with Gasteiger partial charge >= 0.3 is 12.1 Å². The number of halogens is 4. The number of phenols is 1. The molecule has 5 N–H and O–H groups in total. The van der Waals surface area contributed by atoms with Gasteiger partial charge in [-0.05, 0) is 59.7 Å². The van der Waals surface area contributed by atoms with Gasteiger partial charge in [0.1, 0.15) is 24.0 Å². The van der Waals surface area contributed by atoms with Crippen LogP contribution in [0.2, 0.25) is 0 Å². The zero-order valence-corrected chi connectivity index (χ0v) is 29.3. The van der Waals surface area contributed by atoms with E-state index < -0.39 is 65.3 Å². The molecule has 5 rings (SSSR count). The van der Waals surface area contributed by atoms with Crippen molar-refractivity contribution in [3.63, 3.8) is 0 Å². The summed E-state index contributed by atoms with van der Waals surface area (Å²) < 4.78 is 66.5. The molecule has 1 unspecified atom stereocenters. The first kappa shape index (κ1) is 38.6. The van der Waals surface area contributed by atoms with Crippen LogP contribution < -0.4 is 20.7 Å². The Bertz CT molecular complexity index is 2010. The second-order valence-corrected chi connectivity index (χ2v) is 13.1. The number of alkyl halides is 3. The van der Waals surface area contributed by atoms with Crippen LogP contribution in [0.5, 0.6) is 11.5 Å². The van der Waals surface area contributed by atoms with E-state index >= 15 is 0 Å². The first-order chi connectivity index (χ1) is 25.2. The third-order valence-electron chi connectivity index (χ3n) is 9.56. The highest BCUT2D eigenvalue weighted by Gasteiger charge is 2.46. The smallest absolute Gasteiger partial charge is 0.418 e. The number of aromatic nitrogens is 1. The van der Waals surface area contributed by atoms with Gasteiger partial charge < -0.3 is 35.5 Å². The largest absolute Gasteiger partial charge is 0.504 e. The number of rotatable bonds is 13. The molecule has 0 spiro atoms. The maximum Gasteiger partial charge on any atom is 0.418 e. The number of aromatic amines is 1. The van der Waals surface area contributed by atoms with Crippen molar-refractivity contribution in [3.05, 3.63) is 94.4 Å². The SMILES string of the molecule is CCC(C)[C@H](NC(=O)[C@@]1(NC(=O)CNC(=O)Cc2ccccc2F)CCc2[nH]c3c(C(F)(F)F)cccc3c2C1)C(=O)OCc1ccc(OC)c(O)c1. The number of aromatic hydroxyl groups is 1. The first-order valence-electron chi connectivity index (χ1n) is 17.0. The van der Waals surface area contributed by atoms with Crippen LogP contribution in [0.3, 0.4) is 0 Å². The van der Waals surface area contributed by atoms with Crippen LogP contribution in [-0.2, 0) is 56.0 Å². The van der Waals surface area contributed by atoms with Gasteiger partial charge in [-0.2, -0.15) is 13.2 Å². The normalized spacial score (nSPS) is 16.6. The van der Waals surface area contributed by atoms with Crippen molar-refractivity contribution in [1.29, 1.82) is 0 Å². The third kappa shape index (κ3) is 8.72. The van der Waals surface area contributed by atoms with Crippen LogP contribution in [-0.4, -0.2) is 59.0 Å². The van der Waals surface area contributed by atoms with E-state index in [-0.39, 0.29) is 60.3 Å². The van der Waals surface area contributed by atoms with Gasteiger partial charge in [0.05, 0.1) is 31.2 Å². The third-order valence-corrected chi connectivity index (χ3v) is 9.56. The van der Waals surface area contributed by atoms with E-state index in [2.05, 4.69) is 20.9 Å². The van der Waals surface area contributed by atoms with E-state index in [4.69, 9.17) is 9.47 Å². The average Bonchev–Trinajstić information content (AvgIpc) is 3.49. The highest BCUT2D eigenvalue weighted by Crippen LogP contribution is 2.40. The maximum atomic E-state index is 14.4. The van der Waals surface area contributed by atoms with Crippen molar-refractivity contribution in [2.45, 2.75) is 70.3 Å². The van der Waals surface area contributed by atoms with Crippen molar-refractivity contribution in [2.75, 3.05) is 13.7 Å². The number of ether oxygens (including phenoxy) is 2. The lowest BCUT2D eigenvalue weighted by Gasteiger charge is -2.38. The van der Waals surface area contributed by atoms with Crippen LogP contribution in [0.1, 0.15) is 54.6 Å². The maximum absolute atomic E-state index is 14.4. The molecule has 53 heavy (non-hydrogen) atoms. The fraction of sp³-hybridized carbons (Fsp3) is 0.368. The lowest BCUT2D eigenvalue weighted by atomic mass is 9.78. The zero-order valence-electron chi connectivity index (χ0n) is 29.3. The van der Waals surface area contributed by atoms with Gasteiger partial charge in [-0.1, -0.05) is 56.7 Å². The molecular formula is C38H40F4N4O7. The summed E-state index contributed by atoms with van der Waals surface area (Å²) >= 11 is 0. The summed E-state index contributed by atoms with van der Waals surface area (Å²) in [5.74, 6) is -4.00. The Morgan fingerprint density at radius 3 is 2.47 bits per heavy atom. The van der Waals surface area contributed by atoms with E-state index in [9.17, 15) is 41.8 Å². The van der Waals surface area contributed by atoms with E-state index in [1.54, 1.807) is 26.0 Å². The average molecular weight is 741 g/mol. The number of methoxy groups -OCH3 is 1. The van der Waals surface area contributed by atoms with Crippen LogP contribution in [0, 0.1) is 11.7 Å². The highest BCUT2D eigenvalue weighted by atomic mass is 19.4. The Morgan fingerprint density at radius 2 is 1.79 bits per heavy atom. The minimum atomic E-state index is -4.66. The summed E-state index contributed by atoms with van der Waals surface area (Å²) in [5.41, 5.74) is -1.39. The number of amides is 3. The second-order valence-electron chi connectivity index (χ2n) is 13.1. The quantitative estimate of drug-likeness (QED) is 0.0952. The van der Waals surface area contributed by atoms with Crippen molar-refractivity contribution in [3.8, 4) is 11.5 Å². The molecule has 1 aromatic heterocycles. The molecule has 3 aromatic carbocycles. The number of benzene rings is 3. The fourth-order valence-corrected chi connectivity index (χ4v) is 6.45. The molecule has 3 amide bonds. The molecule has 15 heteroatoms. The van der Waals surface area contributed by atoms with Gasteiger partial charge in [0.2, 0.25) is 17.7 Å². The number of carbonyl (C=O) groups excluding carboxylic acids is 4. The lowest BCUT2D eigenvalue weighted by molar-refractivity contribution is -0.151. The van der Waals surface area contributed by atoms with Gasteiger partial charge in [0, 0.05) is 17.5 Å². The molecule has 0 saturated heterocycles. The number of nitrogens with one attached hydrogen (secondary N) is 4. The van der Waals surface area contributed by atoms with E-state index in [0.717, 1.165) is 6.07 Å². The summed E-state index contributed by atoms with van der Waals surface area (Å²) in [4.78, 5) is 56.8. The Morgan fingerprint density at radius 1 is 1.04 bits per heavy atom. The van der Waals surface area contributed by atoms with Gasteiger partial charge in [-0.25, -0.2) is 9.18 Å². The van der Waals surface area contributed by atoms with E-state index in [1.165, 1.54) is 49.6 Å². The first-order valence-corrected chi connectivity index (χ1v) is 17.0. The van der Waals surface area contributed by atoms with Crippen molar-refractivity contribution in [1.82, 2.24) is 20.9 Å². The second kappa shape index (κ2) is 16.0. The number of para-hydroxylation sites is 1. The number of aryl methyl sites for hydroxylation is 1. The summed E-state index contributed by atoms with van der Waals surface area (Å²) in [6.45, 7) is 2.69. The Kier molecular flexibility index (Phi) is 11.6. The minimum absolute atomic E-state index is 0.0636. The molecular weight excluding hydrogens is 700 g/mol. The summed E-state index contributed by atoms with van der Waals surface area (Å²) in [7, 11) is 1.39. The number of phenolic OH excluding ortho intramolecular Hbond substituents is 1. The molecule has 1 aliphatic rings. The molecule has 0 aliphatic heterocycles. The standard InChI is InChI=1S/C38H40F4N4O7/c1-4-21(2)33(35(50)53-20-22-12-13-30(52-3)29(47)16-22)45-36(51)37(46-32(49)19-43-31(48)17-23-8-5-6-11-27(23)39)15-14-28-25(18-37)24-9-7-10-26(34(24)44-28)38(40,41)42/h5-13,16,21,33,44,47H,4,14-15,17-20H2,1-3H3,(H,43,48)(H,45,51)(H,46,49)/t21?,33-,37+/m0/s1. The summed E-state index contributed by atoms with van der Waals surface area (Å²) in [5, 5.41) is 18.2.